The van der Waals surface area contributed by atoms with Crippen LogP contribution in [0.5, 0.6) is 0 Å². The maximum atomic E-state index is 9.99. The Morgan fingerprint density at radius 2 is 1.42 bits per heavy atom. The first-order valence-electron chi connectivity index (χ1n) is 8.50. The predicted octanol–water partition coefficient (Wildman–Crippen LogP) is 0.284. The van der Waals surface area contributed by atoms with Crippen LogP contribution in [-0.2, 0) is 14.4 Å². The number of carboxylic acid groups (broad SMARTS) is 2. The van der Waals surface area contributed by atoms with E-state index in [1.807, 2.05) is 6.29 Å². The van der Waals surface area contributed by atoms with Gasteiger partial charge in [0.1, 0.15) is 6.04 Å². The van der Waals surface area contributed by atoms with Gasteiger partial charge in [-0.3, -0.25) is 15.9 Å². The molecule has 0 heterocycles. The molecule has 0 aromatic rings. The summed E-state index contributed by atoms with van der Waals surface area (Å²) in [5, 5.41) is 16.3. The van der Waals surface area contributed by atoms with Crippen molar-refractivity contribution in [3.8, 4) is 0 Å². The van der Waals surface area contributed by atoms with Gasteiger partial charge < -0.3 is 20.7 Å². The predicted molar refractivity (Wildman–Crippen MR) is 90.0 cm³/mol. The Hall–Kier alpha value is 0.206. The van der Waals surface area contributed by atoms with Crippen LogP contribution in [-0.4, -0.2) is 34.5 Å². The van der Waals surface area contributed by atoms with Crippen LogP contribution in [0.25, 0.3) is 0 Å². The largest absolute Gasteiger partial charge is 1.00 e. The summed E-state index contributed by atoms with van der Waals surface area (Å²) in [6, 6.07) is -1.06. The van der Waals surface area contributed by atoms with Crippen LogP contribution >= 0.6 is 0 Å². The van der Waals surface area contributed by atoms with Crippen molar-refractivity contribution in [1.29, 1.82) is 0 Å². The van der Waals surface area contributed by atoms with Crippen molar-refractivity contribution in [3.05, 3.63) is 0 Å². The second-order valence-electron chi connectivity index (χ2n) is 5.60. The van der Waals surface area contributed by atoms with Crippen molar-refractivity contribution in [3.63, 3.8) is 0 Å². The number of carboxylic acids is 2. The number of aliphatic carboxylic acids is 2. The monoisotopic (exact) mass is 369 g/mol. The molecule has 6 nitrogen and oxygen atoms in total. The van der Waals surface area contributed by atoms with Crippen LogP contribution in [0, 0.1) is 0 Å². The molecule has 0 spiro atoms. The van der Waals surface area contributed by atoms with Gasteiger partial charge in [-0.15, -0.1) is 0 Å². The minimum absolute atomic E-state index is 0. The number of carbonyl (C=O) groups excluding carboxylic acids is 1. The number of hydrogen-bond acceptors (Lipinski definition) is 4. The Morgan fingerprint density at radius 1 is 0.958 bits per heavy atom. The van der Waals surface area contributed by atoms with Crippen molar-refractivity contribution in [2.75, 3.05) is 0 Å². The van der Waals surface area contributed by atoms with Crippen LogP contribution in [0.2, 0.25) is 0 Å². The van der Waals surface area contributed by atoms with Crippen LogP contribution in [0.3, 0.4) is 0 Å². The van der Waals surface area contributed by atoms with Crippen molar-refractivity contribution in [1.82, 2.24) is 0 Å². The standard InChI is InChI=1S/C12H23O.C5H9NO4.K/c1-2-3-4-5-6-7-8-9-10-11-12-13;6-3(5(9)10)1-2-4(7)8;/h2-11H2,1H3;3H,1-2,6H2,(H,7,8)(H,9,10);/q-1;;+1. The van der Waals surface area contributed by atoms with E-state index in [9.17, 15) is 14.4 Å². The van der Waals surface area contributed by atoms with Gasteiger partial charge in [0.15, 0.2) is 0 Å². The summed E-state index contributed by atoms with van der Waals surface area (Å²) in [5.41, 5.74) is 5.00. The Kier molecular flexibility index (Phi) is 28.0. The molecule has 4 N–H and O–H groups in total. The van der Waals surface area contributed by atoms with Gasteiger partial charge in [0.2, 0.25) is 0 Å². The molecule has 0 saturated carbocycles. The third-order valence-electron chi connectivity index (χ3n) is 3.37. The molecule has 1 unspecified atom stereocenters. The molecule has 0 saturated heterocycles. The molecule has 0 rings (SSSR count). The first-order chi connectivity index (χ1) is 11.0. The molecule has 0 bridgehead atoms. The molecule has 0 aromatic carbocycles. The van der Waals surface area contributed by atoms with E-state index in [2.05, 4.69) is 6.92 Å². The molecular weight excluding hydrogens is 337 g/mol. The Bertz CT molecular complexity index is 313. The average molecular weight is 370 g/mol. The van der Waals surface area contributed by atoms with Gasteiger partial charge in [0, 0.05) is 6.42 Å². The fraction of sp³-hybridized carbons (Fsp3) is 0.824. The summed E-state index contributed by atoms with van der Waals surface area (Å²) < 4.78 is 0. The third-order valence-corrected chi connectivity index (χ3v) is 3.37. The van der Waals surface area contributed by atoms with E-state index in [-0.39, 0.29) is 64.2 Å². The molecule has 0 aliphatic carbocycles. The number of hydrogen-bond donors (Lipinski definition) is 3. The molecule has 0 aromatic heterocycles. The number of carbonyl (C=O) groups is 2. The molecule has 136 valence electrons. The second-order valence-corrected chi connectivity index (χ2v) is 5.60. The first kappa shape index (κ1) is 29.0. The maximum absolute atomic E-state index is 9.99. The van der Waals surface area contributed by atoms with Crippen molar-refractivity contribution in [2.45, 2.75) is 90.0 Å². The number of unbranched alkanes of at least 4 members (excludes halogenated alkanes) is 9. The van der Waals surface area contributed by atoms with Gasteiger partial charge in [-0.05, 0) is 6.42 Å². The van der Waals surface area contributed by atoms with E-state index in [0.29, 0.717) is 6.42 Å². The zero-order valence-electron chi connectivity index (χ0n) is 15.3. The fourth-order valence-electron chi connectivity index (χ4n) is 1.91. The molecular formula is C17H32KNO5. The van der Waals surface area contributed by atoms with Gasteiger partial charge >= 0.3 is 63.3 Å². The molecule has 0 aliphatic rings. The molecule has 0 aliphatic heterocycles. The average Bonchev–Trinajstić information content (AvgIpc) is 2.51. The summed E-state index contributed by atoms with van der Waals surface area (Å²) in [6.07, 6.45) is 14.1. The van der Waals surface area contributed by atoms with E-state index >= 15 is 0 Å². The van der Waals surface area contributed by atoms with E-state index < -0.39 is 18.0 Å². The molecule has 24 heavy (non-hydrogen) atoms. The van der Waals surface area contributed by atoms with Gasteiger partial charge in [-0.2, -0.15) is 6.42 Å². The zero-order valence-corrected chi connectivity index (χ0v) is 18.4. The molecule has 1 atom stereocenters. The van der Waals surface area contributed by atoms with Gasteiger partial charge in [-0.1, -0.05) is 64.7 Å². The summed E-state index contributed by atoms with van der Waals surface area (Å²) in [5.74, 6) is -2.20. The van der Waals surface area contributed by atoms with E-state index in [0.717, 1.165) is 6.42 Å². The SMILES string of the molecule is CCCCCCCCCCC[C-]=O.NC(CCC(=O)O)C(=O)O.[K+]. The molecule has 0 radical (unpaired) electrons. The minimum atomic E-state index is -1.17. The Labute approximate surface area is 188 Å². The van der Waals surface area contributed by atoms with Crippen LogP contribution in [0.1, 0.15) is 84.0 Å². The quantitative estimate of drug-likeness (QED) is 0.230. The normalized spacial score (nSPS) is 10.8. The van der Waals surface area contributed by atoms with Crippen molar-refractivity contribution < 1.29 is 76.0 Å². The van der Waals surface area contributed by atoms with Gasteiger partial charge in [0.25, 0.3) is 0 Å². The Balaban J connectivity index is -0.000000364. The van der Waals surface area contributed by atoms with Gasteiger partial charge in [-0.25, -0.2) is 0 Å². The summed E-state index contributed by atoms with van der Waals surface area (Å²) in [7, 11) is 0. The minimum Gasteiger partial charge on any atom is -0.542 e. The first-order valence-corrected chi connectivity index (χ1v) is 8.50. The van der Waals surface area contributed by atoms with E-state index in [4.69, 9.17) is 15.9 Å². The van der Waals surface area contributed by atoms with Crippen LogP contribution in [0.15, 0.2) is 0 Å². The molecule has 0 amide bonds. The van der Waals surface area contributed by atoms with Crippen molar-refractivity contribution in [2.24, 2.45) is 5.73 Å². The summed E-state index contributed by atoms with van der Waals surface area (Å²) >= 11 is 0. The number of rotatable bonds is 14. The smallest absolute Gasteiger partial charge is 0.542 e. The van der Waals surface area contributed by atoms with Crippen molar-refractivity contribution >= 4 is 18.2 Å². The summed E-state index contributed by atoms with van der Waals surface area (Å²) in [6.45, 7) is 2.25. The maximum Gasteiger partial charge on any atom is 1.00 e. The van der Waals surface area contributed by atoms with E-state index in [1.54, 1.807) is 0 Å². The van der Waals surface area contributed by atoms with E-state index in [1.165, 1.54) is 51.4 Å². The van der Waals surface area contributed by atoms with Gasteiger partial charge in [0.05, 0.1) is 0 Å². The topological polar surface area (TPSA) is 118 Å². The molecule has 0 fully saturated rings. The second kappa shape index (κ2) is 23.2. The zero-order chi connectivity index (χ0) is 17.9. The van der Waals surface area contributed by atoms with Crippen LogP contribution in [0.4, 0.5) is 0 Å². The summed E-state index contributed by atoms with van der Waals surface area (Å²) in [4.78, 5) is 29.8. The third kappa shape index (κ3) is 27.1. The number of nitrogens with two attached hydrogens (primary N) is 1. The Morgan fingerprint density at radius 3 is 1.79 bits per heavy atom. The van der Waals surface area contributed by atoms with Crippen LogP contribution < -0.4 is 57.1 Å². The molecule has 7 heteroatoms. The fourth-order valence-corrected chi connectivity index (χ4v) is 1.91.